The number of thioether (sulfide) groups is 1. The number of nitrogens with one attached hydrogen (secondary N) is 1. The van der Waals surface area contributed by atoms with Crippen LogP contribution in [0.3, 0.4) is 0 Å². The quantitative estimate of drug-likeness (QED) is 0.780. The summed E-state index contributed by atoms with van der Waals surface area (Å²) >= 11 is 1.91. The van der Waals surface area contributed by atoms with E-state index in [2.05, 4.69) is 17.2 Å². The highest BCUT2D eigenvalue weighted by Gasteiger charge is 2.39. The molecule has 0 aromatic carbocycles. The number of hydrogen-bond donors (Lipinski definition) is 1. The molecule has 2 aliphatic rings. The van der Waals surface area contributed by atoms with E-state index in [0.717, 1.165) is 32.1 Å². The van der Waals surface area contributed by atoms with Gasteiger partial charge in [-0.1, -0.05) is 18.7 Å². The second-order valence-corrected chi connectivity index (χ2v) is 6.58. The van der Waals surface area contributed by atoms with Gasteiger partial charge in [-0.2, -0.15) is 0 Å². The number of amidine groups is 1. The van der Waals surface area contributed by atoms with Crippen molar-refractivity contribution in [3.05, 3.63) is 0 Å². The molecule has 18 heavy (non-hydrogen) atoms. The summed E-state index contributed by atoms with van der Waals surface area (Å²) in [5, 5.41) is 4.86. The van der Waals surface area contributed by atoms with Gasteiger partial charge in [0.15, 0.2) is 5.17 Å². The predicted octanol–water partition coefficient (Wildman–Crippen LogP) is 3.05. The molecule has 104 valence electrons. The van der Waals surface area contributed by atoms with Crippen LogP contribution in [0.15, 0.2) is 4.99 Å². The van der Waals surface area contributed by atoms with Gasteiger partial charge in [-0.25, -0.2) is 0 Å². The smallest absolute Gasteiger partial charge is 0.157 e. The van der Waals surface area contributed by atoms with Crippen LogP contribution in [0.4, 0.5) is 0 Å². The Balaban J connectivity index is 1.72. The summed E-state index contributed by atoms with van der Waals surface area (Å²) in [6.07, 6.45) is 6.40. The van der Waals surface area contributed by atoms with Crippen LogP contribution >= 0.6 is 11.8 Å². The minimum absolute atomic E-state index is 0.371. The van der Waals surface area contributed by atoms with Gasteiger partial charge in [0, 0.05) is 31.1 Å². The Morgan fingerprint density at radius 1 is 1.44 bits per heavy atom. The standard InChI is InChI=1S/C14H26N2OS/c1-3-17-10-4-9-15-13-16-14(11-18-13)7-5-12(2)6-8-14/h12H,3-11H2,1-2H3,(H,15,16). The number of nitrogens with zero attached hydrogens (tertiary/aromatic N) is 1. The molecule has 2 fully saturated rings. The monoisotopic (exact) mass is 270 g/mol. The molecule has 0 aromatic rings. The topological polar surface area (TPSA) is 33.6 Å². The summed E-state index contributed by atoms with van der Waals surface area (Å²) in [5.41, 5.74) is 0.371. The van der Waals surface area contributed by atoms with E-state index in [1.165, 1.54) is 36.6 Å². The van der Waals surface area contributed by atoms with Gasteiger partial charge < -0.3 is 10.1 Å². The van der Waals surface area contributed by atoms with E-state index in [0.29, 0.717) is 5.54 Å². The molecule has 0 radical (unpaired) electrons. The largest absolute Gasteiger partial charge is 0.382 e. The van der Waals surface area contributed by atoms with Crippen LogP contribution in [-0.4, -0.2) is 36.2 Å². The van der Waals surface area contributed by atoms with Crippen molar-refractivity contribution < 1.29 is 4.74 Å². The molecule has 0 unspecified atom stereocenters. The van der Waals surface area contributed by atoms with E-state index < -0.39 is 0 Å². The molecular formula is C14H26N2OS. The third-order valence-electron chi connectivity index (χ3n) is 3.99. The normalized spacial score (nSPS) is 34.1. The maximum Gasteiger partial charge on any atom is 0.157 e. The van der Waals surface area contributed by atoms with Crippen molar-refractivity contribution in [2.75, 3.05) is 25.5 Å². The molecule has 1 saturated heterocycles. The van der Waals surface area contributed by atoms with Gasteiger partial charge >= 0.3 is 0 Å². The van der Waals surface area contributed by atoms with Crippen LogP contribution in [-0.2, 0) is 4.74 Å². The maximum atomic E-state index is 5.32. The molecule has 1 N–H and O–H groups in total. The molecule has 1 spiro atoms. The van der Waals surface area contributed by atoms with E-state index >= 15 is 0 Å². The first-order chi connectivity index (χ1) is 8.74. The van der Waals surface area contributed by atoms with Crippen molar-refractivity contribution in [1.82, 2.24) is 5.32 Å². The third kappa shape index (κ3) is 3.89. The van der Waals surface area contributed by atoms with Gasteiger partial charge in [-0.15, -0.1) is 0 Å². The van der Waals surface area contributed by atoms with Gasteiger partial charge in [0.2, 0.25) is 0 Å². The average molecular weight is 270 g/mol. The third-order valence-corrected chi connectivity index (χ3v) is 5.20. The summed E-state index contributed by atoms with van der Waals surface area (Å²) in [7, 11) is 0. The van der Waals surface area contributed by atoms with Crippen LogP contribution in [0.2, 0.25) is 0 Å². The zero-order valence-electron chi connectivity index (χ0n) is 11.7. The first kappa shape index (κ1) is 14.2. The molecule has 0 amide bonds. The number of aliphatic imine (C=N–C) groups is 1. The van der Waals surface area contributed by atoms with Crippen molar-refractivity contribution in [2.45, 2.75) is 51.5 Å². The second-order valence-electron chi connectivity index (χ2n) is 5.61. The van der Waals surface area contributed by atoms with Crippen LogP contribution in [0, 0.1) is 5.92 Å². The lowest BCUT2D eigenvalue weighted by molar-refractivity contribution is 0.146. The first-order valence-electron chi connectivity index (χ1n) is 7.27. The molecule has 1 aliphatic heterocycles. The lowest BCUT2D eigenvalue weighted by Crippen LogP contribution is -2.46. The Morgan fingerprint density at radius 2 is 2.22 bits per heavy atom. The van der Waals surface area contributed by atoms with E-state index in [9.17, 15) is 0 Å². The summed E-state index contributed by atoms with van der Waals surface area (Å²) in [5.74, 6) is 2.12. The Bertz CT molecular complexity index is 286. The van der Waals surface area contributed by atoms with Crippen LogP contribution in [0.25, 0.3) is 0 Å². The van der Waals surface area contributed by atoms with Gasteiger partial charge in [-0.05, 0) is 44.9 Å². The lowest BCUT2D eigenvalue weighted by atomic mass is 9.78. The molecule has 1 heterocycles. The molecule has 4 heteroatoms. The zero-order valence-corrected chi connectivity index (χ0v) is 12.5. The fourth-order valence-electron chi connectivity index (χ4n) is 2.67. The molecule has 0 atom stereocenters. The summed E-state index contributed by atoms with van der Waals surface area (Å²) in [6.45, 7) is 6.94. The van der Waals surface area contributed by atoms with Crippen molar-refractivity contribution in [3.8, 4) is 0 Å². The zero-order chi connectivity index (χ0) is 12.8. The molecule has 0 aromatic heterocycles. The Morgan fingerprint density at radius 3 is 2.94 bits per heavy atom. The van der Waals surface area contributed by atoms with Crippen molar-refractivity contribution in [2.24, 2.45) is 10.9 Å². The molecule has 1 saturated carbocycles. The summed E-state index contributed by atoms with van der Waals surface area (Å²) in [4.78, 5) is 4.65. The van der Waals surface area contributed by atoms with E-state index in [1.807, 2.05) is 18.7 Å². The maximum absolute atomic E-state index is 5.32. The summed E-state index contributed by atoms with van der Waals surface area (Å²) < 4.78 is 5.32. The van der Waals surface area contributed by atoms with Crippen LogP contribution < -0.4 is 5.32 Å². The van der Waals surface area contributed by atoms with E-state index in [1.54, 1.807) is 0 Å². The minimum atomic E-state index is 0.371. The van der Waals surface area contributed by atoms with Gasteiger partial charge in [0.1, 0.15) is 0 Å². The van der Waals surface area contributed by atoms with Crippen LogP contribution in [0.5, 0.6) is 0 Å². The first-order valence-corrected chi connectivity index (χ1v) is 8.26. The average Bonchev–Trinajstić information content (AvgIpc) is 2.77. The molecule has 0 bridgehead atoms. The predicted molar refractivity (Wildman–Crippen MR) is 79.4 cm³/mol. The van der Waals surface area contributed by atoms with Gasteiger partial charge in [0.05, 0.1) is 0 Å². The highest BCUT2D eigenvalue weighted by atomic mass is 32.2. The van der Waals surface area contributed by atoms with Crippen molar-refractivity contribution >= 4 is 16.9 Å². The van der Waals surface area contributed by atoms with Gasteiger partial charge in [0.25, 0.3) is 0 Å². The highest BCUT2D eigenvalue weighted by molar-refractivity contribution is 8.14. The molecule has 1 aliphatic carbocycles. The Hall–Kier alpha value is -0.220. The van der Waals surface area contributed by atoms with E-state index in [-0.39, 0.29) is 0 Å². The fraction of sp³-hybridized carbons (Fsp3) is 0.929. The Kier molecular flexibility index (Phi) is 5.37. The summed E-state index contributed by atoms with van der Waals surface area (Å²) in [6, 6.07) is 0. The number of hydrogen-bond acceptors (Lipinski definition) is 3. The highest BCUT2D eigenvalue weighted by Crippen LogP contribution is 2.38. The van der Waals surface area contributed by atoms with Crippen molar-refractivity contribution in [3.63, 3.8) is 0 Å². The second kappa shape index (κ2) is 6.80. The number of rotatable bonds is 5. The number of ether oxygens (including phenoxy) is 1. The Labute approximate surface area is 115 Å². The van der Waals surface area contributed by atoms with Crippen LogP contribution in [0.1, 0.15) is 46.0 Å². The van der Waals surface area contributed by atoms with Gasteiger partial charge in [-0.3, -0.25) is 4.99 Å². The van der Waals surface area contributed by atoms with E-state index in [4.69, 9.17) is 4.74 Å². The molecule has 2 rings (SSSR count). The SMILES string of the molecule is CCOCCCN=C1NC2(CCC(C)CC2)CS1. The molecular weight excluding hydrogens is 244 g/mol. The fourth-order valence-corrected chi connectivity index (χ4v) is 3.91. The van der Waals surface area contributed by atoms with Crippen molar-refractivity contribution in [1.29, 1.82) is 0 Å². The minimum Gasteiger partial charge on any atom is -0.382 e. The molecule has 3 nitrogen and oxygen atoms in total. The lowest BCUT2D eigenvalue weighted by Gasteiger charge is -2.35.